The monoisotopic (exact) mass is 271 g/mol. The van der Waals surface area contributed by atoms with Gasteiger partial charge in [0, 0.05) is 9.79 Å². The van der Waals surface area contributed by atoms with Crippen molar-refractivity contribution in [2.75, 3.05) is 11.4 Å². The number of hydrazine groups is 1. The minimum Gasteiger partial charge on any atom is -0.330 e. The molecule has 1 aliphatic rings. The van der Waals surface area contributed by atoms with Gasteiger partial charge in [0.2, 0.25) is 0 Å². The van der Waals surface area contributed by atoms with Crippen molar-refractivity contribution in [3.63, 3.8) is 0 Å². The zero-order valence-corrected chi connectivity index (χ0v) is 11.0. The van der Waals surface area contributed by atoms with Crippen LogP contribution in [-0.2, 0) is 4.79 Å². The largest absolute Gasteiger partial charge is 0.330 e. The minimum atomic E-state index is -0.212. The molecule has 5 heteroatoms. The highest BCUT2D eigenvalue weighted by Gasteiger charge is 2.24. The Morgan fingerprint density at radius 2 is 1.58 bits per heavy atom. The molecule has 0 aliphatic carbocycles. The van der Waals surface area contributed by atoms with E-state index in [9.17, 15) is 4.79 Å². The van der Waals surface area contributed by atoms with Crippen LogP contribution in [0.25, 0.3) is 0 Å². The lowest BCUT2D eigenvalue weighted by molar-refractivity contribution is -0.119. The molecule has 0 atom stereocenters. The quantitative estimate of drug-likeness (QED) is 0.500. The first-order valence-corrected chi connectivity index (χ1v) is 6.74. The SMILES string of the molecule is NNC(=O)CN1c2ccccc2Sc2ccccc21. The lowest BCUT2D eigenvalue weighted by Crippen LogP contribution is -2.39. The molecule has 4 nitrogen and oxygen atoms in total. The Kier molecular flexibility index (Phi) is 3.15. The van der Waals surface area contributed by atoms with Gasteiger partial charge >= 0.3 is 0 Å². The molecule has 2 aromatic carbocycles. The maximum absolute atomic E-state index is 11.6. The van der Waals surface area contributed by atoms with Crippen molar-refractivity contribution in [2.45, 2.75) is 9.79 Å². The molecular weight excluding hydrogens is 258 g/mol. The number of para-hydroxylation sites is 2. The summed E-state index contributed by atoms with van der Waals surface area (Å²) in [6.07, 6.45) is 0. The summed E-state index contributed by atoms with van der Waals surface area (Å²) in [5.74, 6) is 4.99. The fourth-order valence-corrected chi connectivity index (χ4v) is 3.24. The number of fused-ring (bicyclic) bond motifs is 2. The third-order valence-electron chi connectivity index (χ3n) is 2.99. The topological polar surface area (TPSA) is 58.4 Å². The van der Waals surface area contributed by atoms with Crippen molar-refractivity contribution in [1.82, 2.24) is 5.43 Å². The molecule has 2 aromatic rings. The van der Waals surface area contributed by atoms with Crippen LogP contribution in [0.15, 0.2) is 58.3 Å². The predicted octanol–water partition coefficient (Wildman–Crippen LogP) is 2.28. The normalized spacial score (nSPS) is 12.6. The second-order valence-corrected chi connectivity index (χ2v) is 5.27. The molecule has 0 aromatic heterocycles. The lowest BCUT2D eigenvalue weighted by Gasteiger charge is -2.31. The number of carbonyl (C=O) groups excluding carboxylic acids is 1. The third-order valence-corrected chi connectivity index (χ3v) is 4.12. The van der Waals surface area contributed by atoms with E-state index in [-0.39, 0.29) is 12.5 Å². The third kappa shape index (κ3) is 2.18. The fraction of sp³-hybridized carbons (Fsp3) is 0.0714. The van der Waals surface area contributed by atoms with Crippen molar-refractivity contribution in [3.05, 3.63) is 48.5 Å². The second-order valence-electron chi connectivity index (χ2n) is 4.19. The minimum absolute atomic E-state index is 0.212. The van der Waals surface area contributed by atoms with E-state index in [0.29, 0.717) is 0 Å². The fourth-order valence-electron chi connectivity index (χ4n) is 2.14. The molecule has 0 unspecified atom stereocenters. The first-order chi connectivity index (χ1) is 9.29. The summed E-state index contributed by atoms with van der Waals surface area (Å²) in [5.41, 5.74) is 4.26. The maximum Gasteiger partial charge on any atom is 0.253 e. The molecular formula is C14H13N3OS. The van der Waals surface area contributed by atoms with E-state index < -0.39 is 0 Å². The summed E-state index contributed by atoms with van der Waals surface area (Å²) in [5, 5.41) is 0. The Morgan fingerprint density at radius 1 is 1.05 bits per heavy atom. The molecule has 0 fully saturated rings. The average molecular weight is 271 g/mol. The molecule has 0 spiro atoms. The van der Waals surface area contributed by atoms with E-state index in [2.05, 4.69) is 17.6 Å². The molecule has 1 aliphatic heterocycles. The molecule has 0 saturated heterocycles. The van der Waals surface area contributed by atoms with E-state index in [0.717, 1.165) is 21.2 Å². The summed E-state index contributed by atoms with van der Waals surface area (Å²) in [7, 11) is 0. The standard InChI is InChI=1S/C14H13N3OS/c15-16-14(18)9-17-10-5-1-3-7-12(10)19-13-8-4-2-6-11(13)17/h1-8H,9,15H2,(H,16,18). The van der Waals surface area contributed by atoms with E-state index >= 15 is 0 Å². The van der Waals surface area contributed by atoms with Crippen LogP contribution in [0.2, 0.25) is 0 Å². The van der Waals surface area contributed by atoms with E-state index in [1.807, 2.05) is 41.3 Å². The molecule has 1 heterocycles. The number of nitrogens with one attached hydrogen (secondary N) is 1. The number of nitrogens with two attached hydrogens (primary N) is 1. The van der Waals surface area contributed by atoms with Gasteiger partial charge in [-0.1, -0.05) is 36.0 Å². The molecule has 96 valence electrons. The number of nitrogens with zero attached hydrogens (tertiary/aromatic N) is 1. The molecule has 0 bridgehead atoms. The Morgan fingerprint density at radius 3 is 2.11 bits per heavy atom. The van der Waals surface area contributed by atoms with Gasteiger partial charge in [-0.3, -0.25) is 10.2 Å². The predicted molar refractivity (Wildman–Crippen MR) is 76.3 cm³/mol. The molecule has 0 saturated carbocycles. The lowest BCUT2D eigenvalue weighted by atomic mass is 10.2. The smallest absolute Gasteiger partial charge is 0.253 e. The van der Waals surface area contributed by atoms with E-state index in [1.165, 1.54) is 0 Å². The summed E-state index contributed by atoms with van der Waals surface area (Å²) in [6, 6.07) is 16.1. The van der Waals surface area contributed by atoms with Crippen LogP contribution in [-0.4, -0.2) is 12.5 Å². The number of benzene rings is 2. The summed E-state index contributed by atoms with van der Waals surface area (Å²) in [4.78, 5) is 15.9. The first kappa shape index (κ1) is 12.1. The van der Waals surface area contributed by atoms with Gasteiger partial charge in [-0.2, -0.15) is 0 Å². The Bertz CT molecular complexity index is 584. The van der Waals surface area contributed by atoms with Gasteiger partial charge in [0.1, 0.15) is 6.54 Å². The van der Waals surface area contributed by atoms with Crippen molar-refractivity contribution < 1.29 is 4.79 Å². The number of amides is 1. The zero-order valence-electron chi connectivity index (χ0n) is 10.2. The van der Waals surface area contributed by atoms with E-state index in [1.54, 1.807) is 11.8 Å². The number of rotatable bonds is 2. The van der Waals surface area contributed by atoms with Gasteiger partial charge in [0.25, 0.3) is 5.91 Å². The maximum atomic E-state index is 11.6. The van der Waals surface area contributed by atoms with Crippen LogP contribution < -0.4 is 16.2 Å². The highest BCUT2D eigenvalue weighted by Crippen LogP contribution is 2.47. The van der Waals surface area contributed by atoms with Gasteiger partial charge in [-0.05, 0) is 24.3 Å². The van der Waals surface area contributed by atoms with Crippen molar-refractivity contribution in [3.8, 4) is 0 Å². The number of carbonyl (C=O) groups is 1. The van der Waals surface area contributed by atoms with Crippen LogP contribution >= 0.6 is 11.8 Å². The van der Waals surface area contributed by atoms with Crippen LogP contribution in [0.4, 0.5) is 11.4 Å². The molecule has 3 N–H and O–H groups in total. The number of anilines is 2. The number of hydrogen-bond donors (Lipinski definition) is 2. The van der Waals surface area contributed by atoms with Gasteiger partial charge in [0.05, 0.1) is 11.4 Å². The molecule has 19 heavy (non-hydrogen) atoms. The highest BCUT2D eigenvalue weighted by atomic mass is 32.2. The highest BCUT2D eigenvalue weighted by molar-refractivity contribution is 7.99. The van der Waals surface area contributed by atoms with Crippen LogP contribution in [0.1, 0.15) is 0 Å². The van der Waals surface area contributed by atoms with Gasteiger partial charge in [0.15, 0.2) is 0 Å². The van der Waals surface area contributed by atoms with Crippen molar-refractivity contribution >= 4 is 29.0 Å². The van der Waals surface area contributed by atoms with Crippen molar-refractivity contribution in [1.29, 1.82) is 0 Å². The second kappa shape index (κ2) is 4.95. The number of hydrogen-bond acceptors (Lipinski definition) is 4. The average Bonchev–Trinajstić information content (AvgIpc) is 2.46. The zero-order chi connectivity index (χ0) is 13.2. The molecule has 0 radical (unpaired) electrons. The summed E-state index contributed by atoms with van der Waals surface area (Å²) in [6.45, 7) is 0.213. The van der Waals surface area contributed by atoms with Crippen LogP contribution in [0.3, 0.4) is 0 Å². The van der Waals surface area contributed by atoms with Crippen LogP contribution in [0, 0.1) is 0 Å². The molecule has 3 rings (SSSR count). The van der Waals surface area contributed by atoms with E-state index in [4.69, 9.17) is 5.84 Å². The van der Waals surface area contributed by atoms with Gasteiger partial charge in [-0.25, -0.2) is 5.84 Å². The molecule has 1 amide bonds. The Labute approximate surface area is 115 Å². The summed E-state index contributed by atoms with van der Waals surface area (Å²) < 4.78 is 0. The Balaban J connectivity index is 2.08. The van der Waals surface area contributed by atoms with Crippen molar-refractivity contribution in [2.24, 2.45) is 5.84 Å². The van der Waals surface area contributed by atoms with Crippen LogP contribution in [0.5, 0.6) is 0 Å². The summed E-state index contributed by atoms with van der Waals surface area (Å²) >= 11 is 1.72. The first-order valence-electron chi connectivity index (χ1n) is 5.92. The van der Waals surface area contributed by atoms with Gasteiger partial charge in [-0.15, -0.1) is 0 Å². The Hall–Kier alpha value is -1.98. The van der Waals surface area contributed by atoms with Gasteiger partial charge < -0.3 is 4.90 Å².